The van der Waals surface area contributed by atoms with E-state index in [0.29, 0.717) is 6.54 Å². The Balaban J connectivity index is 2.00. The van der Waals surface area contributed by atoms with E-state index in [1.54, 1.807) is 18.2 Å². The Morgan fingerprint density at radius 1 is 1.00 bits per heavy atom. The second kappa shape index (κ2) is 8.94. The van der Waals surface area contributed by atoms with E-state index in [9.17, 15) is 9.59 Å². The normalized spacial score (nSPS) is 11.8. The van der Waals surface area contributed by atoms with Crippen LogP contribution in [-0.4, -0.2) is 48.9 Å². The first-order valence-corrected chi connectivity index (χ1v) is 8.23. The monoisotopic (exact) mass is 340 g/mol. The molecule has 1 aromatic heterocycles. The van der Waals surface area contributed by atoms with Crippen molar-refractivity contribution in [1.29, 1.82) is 0 Å². The Labute approximate surface area is 148 Å². The molecular formula is C19H24N4O2. The third kappa shape index (κ3) is 5.69. The molecule has 0 bridgehead atoms. The van der Waals surface area contributed by atoms with Crippen molar-refractivity contribution in [3.05, 3.63) is 65.5 Å². The van der Waals surface area contributed by atoms with Gasteiger partial charge in [-0.05, 0) is 38.7 Å². The van der Waals surface area contributed by atoms with Gasteiger partial charge in [-0.25, -0.2) is 4.98 Å². The number of amides is 2. The van der Waals surface area contributed by atoms with Crippen molar-refractivity contribution >= 4 is 11.8 Å². The van der Waals surface area contributed by atoms with Crippen LogP contribution in [0.3, 0.4) is 0 Å². The summed E-state index contributed by atoms with van der Waals surface area (Å²) in [6.07, 6.45) is 0. The van der Waals surface area contributed by atoms with E-state index >= 15 is 0 Å². The molecule has 2 rings (SSSR count). The summed E-state index contributed by atoms with van der Waals surface area (Å²) in [5.74, 6) is -0.591. The Morgan fingerprint density at radius 3 is 2.28 bits per heavy atom. The molecule has 0 saturated carbocycles. The minimum Gasteiger partial charge on any atom is -0.349 e. The smallest absolute Gasteiger partial charge is 0.270 e. The average molecular weight is 340 g/mol. The number of benzene rings is 1. The molecule has 6 nitrogen and oxygen atoms in total. The Kier molecular flexibility index (Phi) is 6.65. The fourth-order valence-electron chi connectivity index (χ4n) is 2.27. The predicted molar refractivity (Wildman–Crippen MR) is 97.4 cm³/mol. The Hall–Kier alpha value is -2.73. The lowest BCUT2D eigenvalue weighted by Gasteiger charge is -2.14. The van der Waals surface area contributed by atoms with Crippen molar-refractivity contribution in [2.45, 2.75) is 13.0 Å². The molecule has 132 valence electrons. The van der Waals surface area contributed by atoms with Gasteiger partial charge in [0.2, 0.25) is 0 Å². The fraction of sp³-hybridized carbons (Fsp3) is 0.316. The van der Waals surface area contributed by atoms with Gasteiger partial charge in [-0.1, -0.05) is 36.4 Å². The van der Waals surface area contributed by atoms with Crippen molar-refractivity contribution < 1.29 is 9.59 Å². The average Bonchev–Trinajstić information content (AvgIpc) is 2.62. The molecule has 0 aliphatic carbocycles. The van der Waals surface area contributed by atoms with Crippen LogP contribution >= 0.6 is 0 Å². The summed E-state index contributed by atoms with van der Waals surface area (Å²) in [7, 11) is 3.87. The number of carbonyl (C=O) groups excluding carboxylic acids is 2. The lowest BCUT2D eigenvalue weighted by atomic mass is 10.1. The van der Waals surface area contributed by atoms with Crippen LogP contribution in [0.5, 0.6) is 0 Å². The largest absolute Gasteiger partial charge is 0.349 e. The summed E-state index contributed by atoms with van der Waals surface area (Å²) in [5, 5.41) is 5.69. The van der Waals surface area contributed by atoms with Crippen LogP contribution in [0.25, 0.3) is 0 Å². The second-order valence-electron chi connectivity index (χ2n) is 6.07. The summed E-state index contributed by atoms with van der Waals surface area (Å²) in [4.78, 5) is 30.7. The number of carbonyl (C=O) groups is 2. The van der Waals surface area contributed by atoms with E-state index in [-0.39, 0.29) is 29.2 Å². The van der Waals surface area contributed by atoms with E-state index in [4.69, 9.17) is 0 Å². The Bertz CT molecular complexity index is 716. The van der Waals surface area contributed by atoms with Crippen LogP contribution in [0, 0.1) is 0 Å². The van der Waals surface area contributed by atoms with Gasteiger partial charge in [0.05, 0.1) is 6.04 Å². The van der Waals surface area contributed by atoms with Gasteiger partial charge in [-0.3, -0.25) is 9.59 Å². The lowest BCUT2D eigenvalue weighted by Crippen LogP contribution is -2.32. The zero-order chi connectivity index (χ0) is 18.2. The van der Waals surface area contributed by atoms with Gasteiger partial charge >= 0.3 is 0 Å². The quantitative estimate of drug-likeness (QED) is 0.807. The van der Waals surface area contributed by atoms with Crippen LogP contribution < -0.4 is 10.6 Å². The van der Waals surface area contributed by atoms with E-state index in [2.05, 4.69) is 15.6 Å². The number of likely N-dealkylation sites (N-methyl/N-ethyl adjacent to an activating group) is 1. The first kappa shape index (κ1) is 18.6. The highest BCUT2D eigenvalue weighted by molar-refractivity contribution is 5.96. The number of nitrogens with one attached hydrogen (secondary N) is 2. The van der Waals surface area contributed by atoms with Crippen molar-refractivity contribution in [3.8, 4) is 0 Å². The molecule has 2 aromatic rings. The van der Waals surface area contributed by atoms with Gasteiger partial charge in [0.15, 0.2) is 0 Å². The molecule has 0 aliphatic heterocycles. The molecule has 6 heteroatoms. The molecule has 0 aliphatic rings. The Morgan fingerprint density at radius 2 is 1.64 bits per heavy atom. The summed E-state index contributed by atoms with van der Waals surface area (Å²) < 4.78 is 0. The first-order valence-electron chi connectivity index (χ1n) is 8.23. The SMILES string of the molecule is CC(NC(=O)c1cccc(C(=O)NCCN(C)C)n1)c1ccccc1. The molecule has 0 radical (unpaired) electrons. The van der Waals surface area contributed by atoms with Gasteiger partial charge in [0, 0.05) is 13.1 Å². The second-order valence-corrected chi connectivity index (χ2v) is 6.07. The van der Waals surface area contributed by atoms with Crippen LogP contribution in [0.2, 0.25) is 0 Å². The van der Waals surface area contributed by atoms with E-state index in [0.717, 1.165) is 12.1 Å². The maximum Gasteiger partial charge on any atom is 0.270 e. The van der Waals surface area contributed by atoms with Crippen molar-refractivity contribution in [3.63, 3.8) is 0 Å². The lowest BCUT2D eigenvalue weighted by molar-refractivity contribution is 0.0933. The minimum absolute atomic E-state index is 0.145. The molecule has 1 atom stereocenters. The van der Waals surface area contributed by atoms with Crippen molar-refractivity contribution in [2.75, 3.05) is 27.2 Å². The highest BCUT2D eigenvalue weighted by Gasteiger charge is 2.15. The molecule has 1 unspecified atom stereocenters. The van der Waals surface area contributed by atoms with Crippen LogP contribution in [-0.2, 0) is 0 Å². The van der Waals surface area contributed by atoms with Gasteiger partial charge in [0.25, 0.3) is 11.8 Å². The summed E-state index contributed by atoms with van der Waals surface area (Å²) in [6.45, 7) is 3.17. The highest BCUT2D eigenvalue weighted by Crippen LogP contribution is 2.12. The third-order valence-electron chi connectivity index (χ3n) is 3.71. The molecule has 0 fully saturated rings. The number of nitrogens with zero attached hydrogens (tertiary/aromatic N) is 2. The van der Waals surface area contributed by atoms with Crippen LogP contribution in [0.4, 0.5) is 0 Å². The number of hydrogen-bond acceptors (Lipinski definition) is 4. The minimum atomic E-state index is -0.306. The molecule has 0 spiro atoms. The third-order valence-corrected chi connectivity index (χ3v) is 3.71. The van der Waals surface area contributed by atoms with E-state index in [1.165, 1.54) is 0 Å². The molecule has 1 aromatic carbocycles. The van der Waals surface area contributed by atoms with Gasteiger partial charge < -0.3 is 15.5 Å². The number of aromatic nitrogens is 1. The van der Waals surface area contributed by atoms with E-state index < -0.39 is 0 Å². The van der Waals surface area contributed by atoms with E-state index in [1.807, 2.05) is 56.3 Å². The molecule has 25 heavy (non-hydrogen) atoms. The molecule has 2 N–H and O–H groups in total. The van der Waals surface area contributed by atoms with Crippen molar-refractivity contribution in [1.82, 2.24) is 20.5 Å². The van der Waals surface area contributed by atoms with Crippen LogP contribution in [0.15, 0.2) is 48.5 Å². The summed E-state index contributed by atoms with van der Waals surface area (Å²) in [6, 6.07) is 14.4. The number of rotatable bonds is 7. The zero-order valence-corrected chi connectivity index (χ0v) is 14.8. The fourth-order valence-corrected chi connectivity index (χ4v) is 2.27. The molecular weight excluding hydrogens is 316 g/mol. The molecule has 0 saturated heterocycles. The van der Waals surface area contributed by atoms with Gasteiger partial charge in [-0.15, -0.1) is 0 Å². The summed E-state index contributed by atoms with van der Waals surface area (Å²) >= 11 is 0. The topological polar surface area (TPSA) is 74.3 Å². The van der Waals surface area contributed by atoms with Gasteiger partial charge in [-0.2, -0.15) is 0 Å². The standard InChI is InChI=1S/C19H24N4O2/c1-14(15-8-5-4-6-9-15)21-19(25)17-11-7-10-16(22-17)18(24)20-12-13-23(2)3/h4-11,14H,12-13H2,1-3H3,(H,20,24)(H,21,25). The number of hydrogen-bond donors (Lipinski definition) is 2. The molecule has 1 heterocycles. The van der Waals surface area contributed by atoms with Gasteiger partial charge in [0.1, 0.15) is 11.4 Å². The van der Waals surface area contributed by atoms with Crippen LogP contribution in [0.1, 0.15) is 39.5 Å². The number of pyridine rings is 1. The first-order chi connectivity index (χ1) is 12.0. The van der Waals surface area contributed by atoms with Crippen molar-refractivity contribution in [2.24, 2.45) is 0 Å². The maximum atomic E-state index is 12.4. The zero-order valence-electron chi connectivity index (χ0n) is 14.8. The maximum absolute atomic E-state index is 12.4. The predicted octanol–water partition coefficient (Wildman–Crippen LogP) is 1.86. The molecule has 2 amide bonds. The summed E-state index contributed by atoms with van der Waals surface area (Å²) in [5.41, 5.74) is 1.47. The highest BCUT2D eigenvalue weighted by atomic mass is 16.2.